The Balaban J connectivity index is 1.84. The molecule has 1 aliphatic rings. The summed E-state index contributed by atoms with van der Waals surface area (Å²) in [6, 6.07) is 7.64. The summed E-state index contributed by atoms with van der Waals surface area (Å²) in [5.74, 6) is 0.840. The van der Waals surface area contributed by atoms with Gasteiger partial charge in [-0.15, -0.1) is 5.10 Å². The molecule has 20 heavy (non-hydrogen) atoms. The van der Waals surface area contributed by atoms with E-state index in [1.807, 2.05) is 31.2 Å². The Morgan fingerprint density at radius 1 is 1.55 bits per heavy atom. The van der Waals surface area contributed by atoms with Gasteiger partial charge in [0.2, 0.25) is 0 Å². The molecule has 1 aromatic heterocycles. The maximum absolute atomic E-state index is 11.6. The fraction of sp³-hybridized carbons (Fsp3) is 0.385. The third kappa shape index (κ3) is 2.23. The Labute approximate surface area is 120 Å². The Morgan fingerprint density at radius 3 is 3.15 bits per heavy atom. The number of fused-ring (bicyclic) bond motifs is 1. The Kier molecular flexibility index (Phi) is 3.54. The van der Waals surface area contributed by atoms with Crippen LogP contribution in [0.25, 0.3) is 0 Å². The summed E-state index contributed by atoms with van der Waals surface area (Å²) in [4.78, 5) is 11.6. The molecule has 6 nitrogen and oxygen atoms in total. The van der Waals surface area contributed by atoms with Crippen molar-refractivity contribution in [1.82, 2.24) is 14.8 Å². The topological polar surface area (TPSA) is 85.9 Å². The molecule has 1 aliphatic heterocycles. The highest BCUT2D eigenvalue weighted by Crippen LogP contribution is 2.37. The van der Waals surface area contributed by atoms with Gasteiger partial charge in [0.15, 0.2) is 5.16 Å². The number of ether oxygens (including phenoxy) is 1. The maximum atomic E-state index is 11.6. The third-order valence-electron chi connectivity index (χ3n) is 3.38. The molecule has 0 fully saturated rings. The summed E-state index contributed by atoms with van der Waals surface area (Å²) in [5.41, 5.74) is 7.11. The lowest BCUT2D eigenvalue weighted by Crippen LogP contribution is -2.34. The van der Waals surface area contributed by atoms with Gasteiger partial charge in [-0.2, -0.15) is 0 Å². The maximum Gasteiger partial charge on any atom is 0.343 e. The molecule has 1 aromatic carbocycles. The van der Waals surface area contributed by atoms with Crippen LogP contribution in [0.5, 0.6) is 5.75 Å². The summed E-state index contributed by atoms with van der Waals surface area (Å²) in [7, 11) is 0. The molecule has 0 bridgehead atoms. The molecule has 0 radical (unpaired) electrons. The Bertz CT molecular complexity index is 666. The number of nitrogens with two attached hydrogens (primary N) is 1. The molecule has 2 heterocycles. The van der Waals surface area contributed by atoms with E-state index in [0.717, 1.165) is 11.3 Å². The second-order valence-corrected chi connectivity index (χ2v) is 5.79. The highest BCUT2D eigenvalue weighted by molar-refractivity contribution is 7.99. The van der Waals surface area contributed by atoms with E-state index in [1.54, 1.807) is 4.57 Å². The molecular formula is C13H16N4O2S. The number of thioether (sulfide) groups is 1. The summed E-state index contributed by atoms with van der Waals surface area (Å²) in [6.07, 6.45) is 0. The van der Waals surface area contributed by atoms with Crippen LogP contribution in [-0.2, 0) is 6.54 Å². The van der Waals surface area contributed by atoms with E-state index in [9.17, 15) is 4.79 Å². The second-order valence-electron chi connectivity index (χ2n) is 4.59. The highest BCUT2D eigenvalue weighted by atomic mass is 32.2. The van der Waals surface area contributed by atoms with Crippen LogP contribution < -0.4 is 16.2 Å². The molecule has 3 N–H and O–H groups in total. The van der Waals surface area contributed by atoms with E-state index in [-0.39, 0.29) is 17.0 Å². The molecule has 2 aromatic rings. The van der Waals surface area contributed by atoms with Gasteiger partial charge in [-0.1, -0.05) is 30.0 Å². The van der Waals surface area contributed by atoms with Crippen molar-refractivity contribution in [1.29, 1.82) is 0 Å². The second kappa shape index (κ2) is 5.34. The van der Waals surface area contributed by atoms with E-state index in [1.165, 1.54) is 11.8 Å². The van der Waals surface area contributed by atoms with E-state index in [4.69, 9.17) is 10.5 Å². The number of H-pyrrole nitrogens is 1. The van der Waals surface area contributed by atoms with E-state index in [0.29, 0.717) is 18.3 Å². The highest BCUT2D eigenvalue weighted by Gasteiger charge is 2.30. The van der Waals surface area contributed by atoms with Crippen molar-refractivity contribution < 1.29 is 4.74 Å². The monoisotopic (exact) mass is 292 g/mol. The first-order valence-electron chi connectivity index (χ1n) is 6.50. The number of aromatic nitrogens is 3. The molecule has 2 atom stereocenters. The quantitative estimate of drug-likeness (QED) is 0.886. The van der Waals surface area contributed by atoms with Crippen molar-refractivity contribution in [3.8, 4) is 5.75 Å². The van der Waals surface area contributed by atoms with Crippen molar-refractivity contribution in [2.24, 2.45) is 5.73 Å². The zero-order valence-electron chi connectivity index (χ0n) is 11.1. The third-order valence-corrected chi connectivity index (χ3v) is 4.63. The average Bonchev–Trinajstić information content (AvgIpc) is 2.82. The average molecular weight is 292 g/mol. The number of rotatable bonds is 3. The van der Waals surface area contributed by atoms with Gasteiger partial charge < -0.3 is 10.5 Å². The first-order chi connectivity index (χ1) is 9.70. The molecule has 0 amide bonds. The lowest BCUT2D eigenvalue weighted by molar-refractivity contribution is 0.275. The molecular weight excluding hydrogens is 276 g/mol. The van der Waals surface area contributed by atoms with Gasteiger partial charge >= 0.3 is 5.69 Å². The van der Waals surface area contributed by atoms with Crippen molar-refractivity contribution in [2.75, 3.05) is 6.61 Å². The first kappa shape index (κ1) is 13.3. The molecule has 3 rings (SSSR count). The molecule has 2 unspecified atom stereocenters. The SMILES string of the molecule is CCn1c(SC2COc3ccccc3C2N)n[nH]c1=O. The fourth-order valence-electron chi connectivity index (χ4n) is 2.28. The minimum absolute atomic E-state index is 0.0328. The van der Waals surface area contributed by atoms with E-state index in [2.05, 4.69) is 10.2 Å². The van der Waals surface area contributed by atoms with Gasteiger partial charge in [0, 0.05) is 18.2 Å². The standard InChI is InChI=1S/C13H16N4O2S/c1-2-17-12(18)15-16-13(17)20-10-7-19-9-6-4-3-5-8(9)11(10)14/h3-6,10-11H,2,7,14H2,1H3,(H,15,18). The van der Waals surface area contributed by atoms with Gasteiger partial charge in [0.05, 0.1) is 5.25 Å². The number of nitrogens with zero attached hydrogens (tertiary/aromatic N) is 2. The summed E-state index contributed by atoms with van der Waals surface area (Å²) in [5, 5.41) is 7.20. The van der Waals surface area contributed by atoms with Crippen LogP contribution >= 0.6 is 11.8 Å². The number of benzene rings is 1. The van der Waals surface area contributed by atoms with E-state index >= 15 is 0 Å². The van der Waals surface area contributed by atoms with Crippen LogP contribution in [0.15, 0.2) is 34.2 Å². The number of nitrogens with one attached hydrogen (secondary N) is 1. The number of para-hydroxylation sites is 1. The minimum atomic E-state index is -0.194. The van der Waals surface area contributed by atoms with E-state index < -0.39 is 0 Å². The lowest BCUT2D eigenvalue weighted by Gasteiger charge is -2.30. The molecule has 7 heteroatoms. The van der Waals surface area contributed by atoms with Crippen LogP contribution in [-0.4, -0.2) is 26.6 Å². The molecule has 0 aliphatic carbocycles. The normalized spacial score (nSPS) is 21.3. The van der Waals surface area contributed by atoms with Gasteiger partial charge in [-0.3, -0.25) is 4.57 Å². The summed E-state index contributed by atoms with van der Waals surface area (Å²) < 4.78 is 7.33. The number of aromatic amines is 1. The van der Waals surface area contributed by atoms with Crippen molar-refractivity contribution in [2.45, 2.75) is 29.9 Å². The molecule has 106 valence electrons. The van der Waals surface area contributed by atoms with Crippen molar-refractivity contribution in [3.05, 3.63) is 40.3 Å². The van der Waals surface area contributed by atoms with Crippen LogP contribution in [0.2, 0.25) is 0 Å². The zero-order valence-corrected chi connectivity index (χ0v) is 11.9. The lowest BCUT2D eigenvalue weighted by atomic mass is 10.0. The summed E-state index contributed by atoms with van der Waals surface area (Å²) in [6.45, 7) is 3.00. The van der Waals surface area contributed by atoms with Crippen LogP contribution in [0.4, 0.5) is 0 Å². The van der Waals surface area contributed by atoms with Gasteiger partial charge in [0.25, 0.3) is 0 Å². The smallest absolute Gasteiger partial charge is 0.343 e. The fourth-order valence-corrected chi connectivity index (χ4v) is 3.42. The Hall–Kier alpha value is -1.73. The van der Waals surface area contributed by atoms with Gasteiger partial charge in [0.1, 0.15) is 12.4 Å². The molecule has 0 spiro atoms. The predicted molar refractivity (Wildman–Crippen MR) is 77.0 cm³/mol. The minimum Gasteiger partial charge on any atom is -0.492 e. The van der Waals surface area contributed by atoms with Crippen LogP contribution in [0.3, 0.4) is 0 Å². The predicted octanol–water partition coefficient (Wildman–Crippen LogP) is 1.14. The first-order valence-corrected chi connectivity index (χ1v) is 7.38. The zero-order chi connectivity index (χ0) is 14.1. The van der Waals surface area contributed by atoms with Crippen LogP contribution in [0.1, 0.15) is 18.5 Å². The van der Waals surface area contributed by atoms with Gasteiger partial charge in [-0.25, -0.2) is 9.89 Å². The molecule has 0 saturated heterocycles. The Morgan fingerprint density at radius 2 is 2.35 bits per heavy atom. The molecule has 0 saturated carbocycles. The summed E-state index contributed by atoms with van der Waals surface area (Å²) >= 11 is 1.48. The number of hydrogen-bond acceptors (Lipinski definition) is 5. The van der Waals surface area contributed by atoms with Crippen molar-refractivity contribution >= 4 is 11.8 Å². The van der Waals surface area contributed by atoms with Crippen LogP contribution in [0, 0.1) is 0 Å². The van der Waals surface area contributed by atoms with Crippen molar-refractivity contribution in [3.63, 3.8) is 0 Å². The van der Waals surface area contributed by atoms with Gasteiger partial charge in [-0.05, 0) is 13.0 Å². The largest absolute Gasteiger partial charge is 0.492 e. The number of hydrogen-bond donors (Lipinski definition) is 2.